The molecule has 1 N–H and O–H groups in total. The number of carbonyl (C=O) groups excluding carboxylic acids is 1. The monoisotopic (exact) mass is 498 g/mol. The van der Waals surface area contributed by atoms with Crippen molar-refractivity contribution < 1.29 is 22.7 Å². The Morgan fingerprint density at radius 2 is 1.94 bits per heavy atom. The highest BCUT2D eigenvalue weighted by atomic mass is 32.2. The molecule has 2 aromatic carbocycles. The molecule has 2 heterocycles. The number of fused-ring (bicyclic) bond motifs is 1. The number of ether oxygens (including phenoxy) is 2. The van der Waals surface area contributed by atoms with Crippen LogP contribution >= 0.6 is 11.9 Å². The third-order valence-corrected chi connectivity index (χ3v) is 7.70. The summed E-state index contributed by atoms with van der Waals surface area (Å²) in [5.41, 5.74) is 2.68. The number of benzene rings is 2. The fraction of sp³-hybridized carbons (Fsp3) is 0.217. The van der Waals surface area contributed by atoms with Crippen LogP contribution in [-0.2, 0) is 21.2 Å². The normalized spacial score (nSPS) is 16.9. The van der Waals surface area contributed by atoms with Crippen LogP contribution in [-0.4, -0.2) is 48.3 Å². The summed E-state index contributed by atoms with van der Waals surface area (Å²) in [7, 11) is -2.19. The Labute approximate surface area is 201 Å². The zero-order valence-electron chi connectivity index (χ0n) is 18.7. The van der Waals surface area contributed by atoms with Crippen molar-refractivity contribution in [3.8, 4) is 11.5 Å². The molecule has 0 bridgehead atoms. The van der Waals surface area contributed by atoms with Crippen molar-refractivity contribution in [2.45, 2.75) is 20.5 Å². The average molecular weight is 499 g/mol. The summed E-state index contributed by atoms with van der Waals surface area (Å²) in [5.74, 6) is -0.146. The molecule has 2 aliphatic rings. The van der Waals surface area contributed by atoms with E-state index in [-0.39, 0.29) is 27.5 Å². The van der Waals surface area contributed by atoms with Crippen molar-refractivity contribution in [3.05, 3.63) is 64.7 Å². The summed E-state index contributed by atoms with van der Waals surface area (Å²) in [5, 5.41) is 8.26. The van der Waals surface area contributed by atoms with Gasteiger partial charge < -0.3 is 9.47 Å². The molecule has 2 aromatic rings. The number of hydrogen-bond acceptors (Lipinski definition) is 8. The molecule has 0 aromatic heterocycles. The largest absolute Gasteiger partial charge is 0.493 e. The predicted molar refractivity (Wildman–Crippen MR) is 133 cm³/mol. The lowest BCUT2D eigenvalue weighted by Crippen LogP contribution is -2.45. The highest BCUT2D eigenvalue weighted by Gasteiger charge is 2.42. The third-order valence-electron chi connectivity index (χ3n) is 5.30. The van der Waals surface area contributed by atoms with Crippen LogP contribution in [0.4, 0.5) is 0 Å². The fourth-order valence-electron chi connectivity index (χ4n) is 3.32. The number of amidine groups is 3. The number of aliphatic imine (C=N–C) groups is 1. The van der Waals surface area contributed by atoms with Crippen molar-refractivity contribution in [2.75, 3.05) is 12.9 Å². The van der Waals surface area contributed by atoms with Gasteiger partial charge in [-0.2, -0.15) is 9.39 Å². The molecule has 176 valence electrons. The summed E-state index contributed by atoms with van der Waals surface area (Å²) in [6.45, 7) is 3.86. The maximum Gasteiger partial charge on any atom is 0.283 e. The number of carbonyl (C=O) groups is 1. The van der Waals surface area contributed by atoms with Crippen LogP contribution in [0.1, 0.15) is 23.6 Å². The first-order valence-electron chi connectivity index (χ1n) is 10.3. The Bertz CT molecular complexity index is 1380. The van der Waals surface area contributed by atoms with E-state index in [1.165, 1.54) is 20.1 Å². The molecule has 11 heteroatoms. The van der Waals surface area contributed by atoms with Crippen LogP contribution in [0.2, 0.25) is 0 Å². The highest BCUT2D eigenvalue weighted by Crippen LogP contribution is 2.33. The second-order valence-corrected chi connectivity index (χ2v) is 10.3. The maximum absolute atomic E-state index is 12.6. The molecule has 9 nitrogen and oxygen atoms in total. The molecule has 1 amide bonds. The summed E-state index contributed by atoms with van der Waals surface area (Å²) < 4.78 is 40.1. The van der Waals surface area contributed by atoms with Crippen molar-refractivity contribution in [3.63, 3.8) is 0 Å². The van der Waals surface area contributed by atoms with Gasteiger partial charge in [0.05, 0.1) is 30.4 Å². The van der Waals surface area contributed by atoms with Gasteiger partial charge in [0.15, 0.2) is 11.5 Å². The van der Waals surface area contributed by atoms with E-state index in [4.69, 9.17) is 14.9 Å². The van der Waals surface area contributed by atoms with Gasteiger partial charge >= 0.3 is 0 Å². The van der Waals surface area contributed by atoms with E-state index in [0.717, 1.165) is 28.0 Å². The first kappa shape index (κ1) is 23.7. The predicted octanol–water partition coefficient (Wildman–Crippen LogP) is 3.59. The number of hydrogen-bond donors (Lipinski definition) is 1. The van der Waals surface area contributed by atoms with Gasteiger partial charge in [-0.05, 0) is 41.8 Å². The number of amides is 1. The molecule has 0 spiro atoms. The zero-order valence-corrected chi connectivity index (χ0v) is 20.4. The SMILES string of the molecule is CCS(=O)(=O)C1=NSC2=NC(=O)C(=Cc3ccc(OCc4ccccc4C)c(OC)c3)C(=N)N21. The Morgan fingerprint density at radius 3 is 2.65 bits per heavy atom. The van der Waals surface area contributed by atoms with Gasteiger partial charge in [-0.15, -0.1) is 0 Å². The lowest BCUT2D eigenvalue weighted by molar-refractivity contribution is -0.114. The van der Waals surface area contributed by atoms with Crippen molar-refractivity contribution in [1.82, 2.24) is 4.90 Å². The minimum Gasteiger partial charge on any atom is -0.493 e. The van der Waals surface area contributed by atoms with E-state index in [1.807, 2.05) is 31.2 Å². The van der Waals surface area contributed by atoms with Gasteiger partial charge in [0, 0.05) is 0 Å². The van der Waals surface area contributed by atoms with Gasteiger partial charge in [-0.25, -0.2) is 13.3 Å². The molecule has 0 aliphatic carbocycles. The van der Waals surface area contributed by atoms with Crippen molar-refractivity contribution in [2.24, 2.45) is 9.39 Å². The van der Waals surface area contributed by atoms with Gasteiger partial charge in [-0.1, -0.05) is 37.3 Å². The van der Waals surface area contributed by atoms with E-state index >= 15 is 0 Å². The lowest BCUT2D eigenvalue weighted by atomic mass is 10.1. The maximum atomic E-state index is 12.6. The van der Waals surface area contributed by atoms with Gasteiger partial charge in [0.2, 0.25) is 20.2 Å². The van der Waals surface area contributed by atoms with Crippen molar-refractivity contribution in [1.29, 1.82) is 5.41 Å². The number of rotatable bonds is 6. The standard InChI is InChI=1S/C23H22N4O5S2/c1-4-34(29,30)23-26-33-22-25-21(28)17(20(24)27(22)23)11-15-9-10-18(19(12-15)31-3)32-13-16-8-6-5-7-14(16)2/h5-12,24H,4,13H2,1-3H3. The average Bonchev–Trinajstić information content (AvgIpc) is 3.26. The Hall–Kier alpha value is -3.44. The van der Waals surface area contributed by atoms with E-state index in [2.05, 4.69) is 9.39 Å². The van der Waals surface area contributed by atoms with E-state index in [9.17, 15) is 13.2 Å². The smallest absolute Gasteiger partial charge is 0.283 e. The molecule has 0 saturated heterocycles. The van der Waals surface area contributed by atoms with Crippen LogP contribution in [0.15, 0.2) is 57.4 Å². The number of nitrogens with zero attached hydrogens (tertiary/aromatic N) is 3. The molecule has 2 aliphatic heterocycles. The van der Waals surface area contributed by atoms with Crippen LogP contribution in [0, 0.1) is 12.3 Å². The first-order valence-corrected chi connectivity index (χ1v) is 12.7. The van der Waals surface area contributed by atoms with E-state index in [0.29, 0.717) is 23.7 Å². The van der Waals surface area contributed by atoms with Crippen LogP contribution in [0.5, 0.6) is 11.5 Å². The second-order valence-electron chi connectivity index (χ2n) is 7.44. The van der Waals surface area contributed by atoms with E-state index in [1.54, 1.807) is 18.2 Å². The molecular formula is C23H22N4O5S2. The number of sulfone groups is 1. The summed E-state index contributed by atoms with van der Waals surface area (Å²) in [6, 6.07) is 13.0. The van der Waals surface area contributed by atoms with E-state index < -0.39 is 15.7 Å². The molecule has 0 radical (unpaired) electrons. The lowest BCUT2D eigenvalue weighted by Gasteiger charge is -2.24. The summed E-state index contributed by atoms with van der Waals surface area (Å²) >= 11 is 0.764. The third kappa shape index (κ3) is 4.48. The zero-order chi connectivity index (χ0) is 24.5. The molecule has 0 unspecified atom stereocenters. The van der Waals surface area contributed by atoms with Gasteiger partial charge in [0.25, 0.3) is 5.91 Å². The van der Waals surface area contributed by atoms with Crippen molar-refractivity contribution >= 4 is 49.9 Å². The number of aryl methyl sites for hydroxylation is 1. The Balaban J connectivity index is 1.61. The highest BCUT2D eigenvalue weighted by molar-refractivity contribution is 8.16. The molecule has 0 atom stereocenters. The van der Waals surface area contributed by atoms with Crippen LogP contribution in [0.25, 0.3) is 6.08 Å². The van der Waals surface area contributed by atoms with Crippen LogP contribution < -0.4 is 9.47 Å². The second kappa shape index (κ2) is 9.43. The number of methoxy groups -OCH3 is 1. The minimum absolute atomic E-state index is 0.0525. The Kier molecular flexibility index (Phi) is 6.58. The minimum atomic E-state index is -3.71. The number of nitrogens with one attached hydrogen (secondary N) is 1. The molecule has 34 heavy (non-hydrogen) atoms. The topological polar surface area (TPSA) is 121 Å². The first-order chi connectivity index (χ1) is 16.2. The molecule has 0 saturated carbocycles. The summed E-state index contributed by atoms with van der Waals surface area (Å²) in [6.07, 6.45) is 1.47. The molecule has 0 fully saturated rings. The van der Waals surface area contributed by atoms with Crippen LogP contribution in [0.3, 0.4) is 0 Å². The van der Waals surface area contributed by atoms with Gasteiger partial charge in [0.1, 0.15) is 12.4 Å². The fourth-order valence-corrected chi connectivity index (χ4v) is 5.28. The quantitative estimate of drug-likeness (QED) is 0.477. The van der Waals surface area contributed by atoms with Gasteiger partial charge in [-0.3, -0.25) is 10.2 Å². The molecule has 4 rings (SSSR count). The Morgan fingerprint density at radius 1 is 1.18 bits per heavy atom. The molecular weight excluding hydrogens is 476 g/mol. The summed E-state index contributed by atoms with van der Waals surface area (Å²) in [4.78, 5) is 17.6.